The molecule has 3 unspecified atom stereocenters. The van der Waals surface area contributed by atoms with E-state index in [1.807, 2.05) is 6.92 Å². The topological polar surface area (TPSA) is 34.1 Å². The molecule has 17 heavy (non-hydrogen) atoms. The van der Waals surface area contributed by atoms with Crippen LogP contribution < -0.4 is 0 Å². The van der Waals surface area contributed by atoms with E-state index in [1.165, 1.54) is 0 Å². The summed E-state index contributed by atoms with van der Waals surface area (Å²) in [4.78, 5) is 24.2. The van der Waals surface area contributed by atoms with Crippen LogP contribution in [0.5, 0.6) is 0 Å². The molecule has 0 saturated heterocycles. The maximum absolute atomic E-state index is 12.2. The average molecular weight is 238 g/mol. The Morgan fingerprint density at radius 3 is 2.24 bits per heavy atom. The number of ketones is 2. The fourth-order valence-corrected chi connectivity index (χ4v) is 2.67. The Hall–Kier alpha value is -0.660. The van der Waals surface area contributed by atoms with E-state index in [9.17, 15) is 9.59 Å². The summed E-state index contributed by atoms with van der Waals surface area (Å²) in [5.41, 5.74) is 0. The van der Waals surface area contributed by atoms with Gasteiger partial charge in [-0.1, -0.05) is 40.5 Å². The van der Waals surface area contributed by atoms with Gasteiger partial charge in [0.05, 0.1) is 0 Å². The van der Waals surface area contributed by atoms with Crippen LogP contribution >= 0.6 is 0 Å². The van der Waals surface area contributed by atoms with Gasteiger partial charge in [-0.3, -0.25) is 9.59 Å². The van der Waals surface area contributed by atoms with Gasteiger partial charge in [0.2, 0.25) is 0 Å². The lowest BCUT2D eigenvalue weighted by Crippen LogP contribution is -2.28. The SMILES string of the molecule is CC1CCCC(C)C(=O)CC(C(C)C)C(=O)C1. The van der Waals surface area contributed by atoms with Crippen molar-refractivity contribution in [3.8, 4) is 0 Å². The van der Waals surface area contributed by atoms with Crippen molar-refractivity contribution >= 4 is 11.6 Å². The summed E-state index contributed by atoms with van der Waals surface area (Å²) in [5, 5.41) is 0. The minimum Gasteiger partial charge on any atom is -0.299 e. The minimum absolute atomic E-state index is 0.0505. The Labute approximate surface area is 105 Å². The second-order valence-electron chi connectivity index (χ2n) is 6.13. The summed E-state index contributed by atoms with van der Waals surface area (Å²) in [6.45, 7) is 8.27. The van der Waals surface area contributed by atoms with Gasteiger partial charge in [-0.05, 0) is 18.3 Å². The van der Waals surface area contributed by atoms with E-state index in [2.05, 4.69) is 20.8 Å². The third kappa shape index (κ3) is 4.25. The van der Waals surface area contributed by atoms with Gasteiger partial charge in [-0.15, -0.1) is 0 Å². The predicted octanol–water partition coefficient (Wildman–Crippen LogP) is 3.63. The zero-order valence-corrected chi connectivity index (χ0v) is 11.7. The van der Waals surface area contributed by atoms with Crippen LogP contribution in [-0.2, 0) is 9.59 Å². The van der Waals surface area contributed by atoms with Gasteiger partial charge in [0.1, 0.15) is 11.6 Å². The molecule has 0 aromatic rings. The standard InChI is InChI=1S/C15H26O2/c1-10(2)13-9-14(16)12(4)7-5-6-11(3)8-15(13)17/h10-13H,5-9H2,1-4H3. The van der Waals surface area contributed by atoms with Crippen molar-refractivity contribution in [3.05, 3.63) is 0 Å². The molecular weight excluding hydrogens is 212 g/mol. The first kappa shape index (κ1) is 14.4. The van der Waals surface area contributed by atoms with Crippen molar-refractivity contribution in [1.29, 1.82) is 0 Å². The van der Waals surface area contributed by atoms with Crippen LogP contribution in [0.4, 0.5) is 0 Å². The van der Waals surface area contributed by atoms with Crippen molar-refractivity contribution in [2.24, 2.45) is 23.7 Å². The number of hydrogen-bond donors (Lipinski definition) is 0. The quantitative estimate of drug-likeness (QED) is 0.699. The number of hydrogen-bond acceptors (Lipinski definition) is 2. The van der Waals surface area contributed by atoms with E-state index in [1.54, 1.807) is 0 Å². The van der Waals surface area contributed by atoms with E-state index in [0.717, 1.165) is 19.3 Å². The summed E-state index contributed by atoms with van der Waals surface area (Å²) in [7, 11) is 0. The van der Waals surface area contributed by atoms with Crippen molar-refractivity contribution in [3.63, 3.8) is 0 Å². The molecule has 0 spiro atoms. The third-order valence-electron chi connectivity index (χ3n) is 4.07. The van der Waals surface area contributed by atoms with Crippen LogP contribution in [0.1, 0.15) is 59.8 Å². The highest BCUT2D eigenvalue weighted by Crippen LogP contribution is 2.27. The lowest BCUT2D eigenvalue weighted by molar-refractivity contribution is -0.132. The van der Waals surface area contributed by atoms with Gasteiger partial charge in [0.25, 0.3) is 0 Å². The molecule has 1 saturated carbocycles. The molecule has 2 heteroatoms. The molecule has 0 bridgehead atoms. The van der Waals surface area contributed by atoms with Crippen LogP contribution in [0.3, 0.4) is 0 Å². The van der Waals surface area contributed by atoms with Crippen molar-refractivity contribution in [2.75, 3.05) is 0 Å². The Morgan fingerprint density at radius 1 is 1.00 bits per heavy atom. The Kier molecular flexibility index (Phi) is 5.35. The highest BCUT2D eigenvalue weighted by atomic mass is 16.1. The molecule has 1 aliphatic carbocycles. The van der Waals surface area contributed by atoms with Gasteiger partial charge < -0.3 is 0 Å². The first-order valence-corrected chi connectivity index (χ1v) is 6.97. The van der Waals surface area contributed by atoms with Gasteiger partial charge in [-0.2, -0.15) is 0 Å². The maximum Gasteiger partial charge on any atom is 0.136 e. The molecule has 0 aliphatic heterocycles. The number of carbonyl (C=O) groups is 2. The maximum atomic E-state index is 12.2. The van der Waals surface area contributed by atoms with Crippen LogP contribution in [-0.4, -0.2) is 11.6 Å². The van der Waals surface area contributed by atoms with Gasteiger partial charge in [0.15, 0.2) is 0 Å². The van der Waals surface area contributed by atoms with E-state index in [4.69, 9.17) is 0 Å². The summed E-state index contributed by atoms with van der Waals surface area (Å²) < 4.78 is 0. The predicted molar refractivity (Wildman–Crippen MR) is 69.8 cm³/mol. The lowest BCUT2D eigenvalue weighted by atomic mass is 9.79. The molecule has 0 amide bonds. The summed E-state index contributed by atoms with van der Waals surface area (Å²) in [5.74, 6) is 1.43. The highest BCUT2D eigenvalue weighted by molar-refractivity contribution is 5.89. The third-order valence-corrected chi connectivity index (χ3v) is 4.07. The molecule has 98 valence electrons. The average Bonchev–Trinajstić information content (AvgIpc) is 2.23. The Balaban J connectivity index is 2.79. The number of Topliss-reactive ketones (excluding diaryl/α,β-unsaturated/α-hetero) is 2. The molecule has 0 aromatic heterocycles. The minimum atomic E-state index is -0.0505. The molecule has 0 heterocycles. The van der Waals surface area contributed by atoms with E-state index in [-0.39, 0.29) is 23.5 Å². The number of rotatable bonds is 1. The fourth-order valence-electron chi connectivity index (χ4n) is 2.67. The van der Waals surface area contributed by atoms with Crippen LogP contribution in [0.2, 0.25) is 0 Å². The monoisotopic (exact) mass is 238 g/mol. The summed E-state index contributed by atoms with van der Waals surface area (Å²) >= 11 is 0. The summed E-state index contributed by atoms with van der Waals surface area (Å²) in [6, 6.07) is 0. The zero-order chi connectivity index (χ0) is 13.0. The first-order chi connectivity index (χ1) is 7.91. The fraction of sp³-hybridized carbons (Fsp3) is 0.867. The molecule has 1 fully saturated rings. The normalized spacial score (nSPS) is 32.9. The first-order valence-electron chi connectivity index (χ1n) is 6.97. The molecule has 2 nitrogen and oxygen atoms in total. The molecular formula is C15H26O2. The molecule has 3 atom stereocenters. The Bertz CT molecular complexity index is 281. The van der Waals surface area contributed by atoms with Gasteiger partial charge in [0, 0.05) is 24.7 Å². The van der Waals surface area contributed by atoms with Crippen LogP contribution in [0.15, 0.2) is 0 Å². The molecule has 0 N–H and O–H groups in total. The van der Waals surface area contributed by atoms with Crippen molar-refractivity contribution < 1.29 is 9.59 Å². The van der Waals surface area contributed by atoms with E-state index >= 15 is 0 Å². The molecule has 1 rings (SSSR count). The zero-order valence-electron chi connectivity index (χ0n) is 11.7. The molecule has 1 aliphatic rings. The van der Waals surface area contributed by atoms with Crippen molar-refractivity contribution in [2.45, 2.75) is 59.8 Å². The number of carbonyl (C=O) groups excluding carboxylic acids is 2. The molecule has 0 aromatic carbocycles. The van der Waals surface area contributed by atoms with E-state index in [0.29, 0.717) is 24.5 Å². The molecule has 0 radical (unpaired) electrons. The van der Waals surface area contributed by atoms with E-state index < -0.39 is 0 Å². The van der Waals surface area contributed by atoms with Gasteiger partial charge >= 0.3 is 0 Å². The van der Waals surface area contributed by atoms with Crippen LogP contribution in [0, 0.1) is 23.7 Å². The lowest BCUT2D eigenvalue weighted by Gasteiger charge is -2.24. The van der Waals surface area contributed by atoms with Gasteiger partial charge in [-0.25, -0.2) is 0 Å². The summed E-state index contributed by atoms with van der Waals surface area (Å²) in [6.07, 6.45) is 4.26. The highest BCUT2D eigenvalue weighted by Gasteiger charge is 2.28. The van der Waals surface area contributed by atoms with Crippen molar-refractivity contribution in [1.82, 2.24) is 0 Å². The second-order valence-corrected chi connectivity index (χ2v) is 6.13. The second kappa shape index (κ2) is 6.32. The smallest absolute Gasteiger partial charge is 0.136 e. The van der Waals surface area contributed by atoms with Crippen LogP contribution in [0.25, 0.3) is 0 Å². The Morgan fingerprint density at radius 2 is 1.65 bits per heavy atom. The largest absolute Gasteiger partial charge is 0.299 e.